The Hall–Kier alpha value is -1.80. The second-order valence-electron chi connectivity index (χ2n) is 5.25. The van der Waals surface area contributed by atoms with E-state index >= 15 is 0 Å². The Bertz CT molecular complexity index is 533. The minimum absolute atomic E-state index is 0.361. The molecule has 0 fully saturated rings. The van der Waals surface area contributed by atoms with Crippen LogP contribution in [0.1, 0.15) is 29.0 Å². The van der Waals surface area contributed by atoms with Crippen LogP contribution in [0.15, 0.2) is 48.5 Å². The van der Waals surface area contributed by atoms with Gasteiger partial charge in [-0.3, -0.25) is 0 Å². The maximum Gasteiger partial charge on any atom is 0.122 e. The molecular weight excluding hydrogens is 246 g/mol. The van der Waals surface area contributed by atoms with Crippen LogP contribution >= 0.6 is 0 Å². The third-order valence-electron chi connectivity index (χ3n) is 3.65. The molecule has 2 rings (SSSR count). The SMILES string of the molecule is Cc1ccc(C(CN)CCOc2ccccc2C)cc1. The summed E-state index contributed by atoms with van der Waals surface area (Å²) in [5.74, 6) is 1.33. The molecule has 0 radical (unpaired) electrons. The average molecular weight is 269 g/mol. The zero-order chi connectivity index (χ0) is 14.4. The van der Waals surface area contributed by atoms with Crippen molar-refractivity contribution in [1.29, 1.82) is 0 Å². The van der Waals surface area contributed by atoms with E-state index in [2.05, 4.69) is 44.2 Å². The molecule has 0 aliphatic rings. The Morgan fingerprint density at radius 1 is 1.00 bits per heavy atom. The number of benzene rings is 2. The Kier molecular flexibility index (Phi) is 5.19. The van der Waals surface area contributed by atoms with Crippen molar-refractivity contribution in [2.24, 2.45) is 5.73 Å². The molecule has 2 nitrogen and oxygen atoms in total. The zero-order valence-corrected chi connectivity index (χ0v) is 12.3. The molecule has 2 heteroatoms. The number of para-hydroxylation sites is 1. The van der Waals surface area contributed by atoms with Crippen LogP contribution in [0.5, 0.6) is 5.75 Å². The molecule has 0 saturated carbocycles. The minimum Gasteiger partial charge on any atom is -0.493 e. The molecule has 0 aliphatic heterocycles. The molecule has 2 aromatic rings. The maximum atomic E-state index is 5.90. The van der Waals surface area contributed by atoms with Crippen LogP contribution in [0.25, 0.3) is 0 Å². The maximum absolute atomic E-state index is 5.90. The highest BCUT2D eigenvalue weighted by molar-refractivity contribution is 5.31. The average Bonchev–Trinajstić information content (AvgIpc) is 2.47. The van der Waals surface area contributed by atoms with Crippen molar-refractivity contribution in [3.05, 3.63) is 65.2 Å². The first-order valence-electron chi connectivity index (χ1n) is 7.15. The Balaban J connectivity index is 1.91. The second kappa shape index (κ2) is 7.11. The van der Waals surface area contributed by atoms with Gasteiger partial charge in [-0.25, -0.2) is 0 Å². The monoisotopic (exact) mass is 269 g/mol. The van der Waals surface area contributed by atoms with E-state index in [9.17, 15) is 0 Å². The summed E-state index contributed by atoms with van der Waals surface area (Å²) in [4.78, 5) is 0. The van der Waals surface area contributed by atoms with E-state index in [1.54, 1.807) is 0 Å². The fraction of sp³-hybridized carbons (Fsp3) is 0.333. The summed E-state index contributed by atoms with van der Waals surface area (Å²) in [5.41, 5.74) is 9.65. The highest BCUT2D eigenvalue weighted by Gasteiger charge is 2.10. The lowest BCUT2D eigenvalue weighted by molar-refractivity contribution is 0.296. The van der Waals surface area contributed by atoms with E-state index in [1.165, 1.54) is 16.7 Å². The van der Waals surface area contributed by atoms with Crippen LogP contribution in [0.2, 0.25) is 0 Å². The first-order valence-corrected chi connectivity index (χ1v) is 7.15. The lowest BCUT2D eigenvalue weighted by Crippen LogP contribution is -2.15. The third kappa shape index (κ3) is 3.84. The van der Waals surface area contributed by atoms with Crippen molar-refractivity contribution in [2.45, 2.75) is 26.2 Å². The van der Waals surface area contributed by atoms with Crippen LogP contribution in [0, 0.1) is 13.8 Å². The molecule has 0 amide bonds. The standard InChI is InChI=1S/C18H23NO/c1-14-7-9-16(10-8-14)17(13-19)11-12-20-18-6-4-3-5-15(18)2/h3-10,17H,11-13,19H2,1-2H3. The largest absolute Gasteiger partial charge is 0.493 e. The molecule has 0 aromatic heterocycles. The van der Waals surface area contributed by atoms with Gasteiger partial charge in [0.15, 0.2) is 0 Å². The lowest BCUT2D eigenvalue weighted by Gasteiger charge is -2.16. The molecule has 2 N–H and O–H groups in total. The smallest absolute Gasteiger partial charge is 0.122 e. The van der Waals surface area contributed by atoms with Crippen molar-refractivity contribution in [3.63, 3.8) is 0 Å². The third-order valence-corrected chi connectivity index (χ3v) is 3.65. The summed E-state index contributed by atoms with van der Waals surface area (Å²) >= 11 is 0. The van der Waals surface area contributed by atoms with E-state index in [-0.39, 0.29) is 0 Å². The van der Waals surface area contributed by atoms with Crippen molar-refractivity contribution < 1.29 is 4.74 Å². The van der Waals surface area contributed by atoms with Gasteiger partial charge in [-0.05, 0) is 49.9 Å². The second-order valence-corrected chi connectivity index (χ2v) is 5.25. The molecule has 0 aliphatic carbocycles. The van der Waals surface area contributed by atoms with Gasteiger partial charge >= 0.3 is 0 Å². The highest BCUT2D eigenvalue weighted by Crippen LogP contribution is 2.21. The summed E-state index contributed by atoms with van der Waals surface area (Å²) in [7, 11) is 0. The van der Waals surface area contributed by atoms with Crippen LogP contribution in [0.4, 0.5) is 0 Å². The number of ether oxygens (including phenoxy) is 1. The molecule has 106 valence electrons. The van der Waals surface area contributed by atoms with Gasteiger partial charge in [0.25, 0.3) is 0 Å². The fourth-order valence-corrected chi connectivity index (χ4v) is 2.29. The zero-order valence-electron chi connectivity index (χ0n) is 12.3. The summed E-state index contributed by atoms with van der Waals surface area (Å²) < 4.78 is 5.86. The molecule has 20 heavy (non-hydrogen) atoms. The van der Waals surface area contributed by atoms with E-state index in [0.29, 0.717) is 19.1 Å². The number of hydrogen-bond acceptors (Lipinski definition) is 2. The van der Waals surface area contributed by atoms with Crippen molar-refractivity contribution in [2.75, 3.05) is 13.2 Å². The Morgan fingerprint density at radius 3 is 2.35 bits per heavy atom. The molecule has 1 unspecified atom stereocenters. The van der Waals surface area contributed by atoms with Gasteiger partial charge in [-0.15, -0.1) is 0 Å². The normalized spacial score (nSPS) is 12.2. The van der Waals surface area contributed by atoms with Crippen molar-refractivity contribution >= 4 is 0 Å². The van der Waals surface area contributed by atoms with Gasteiger partial charge in [-0.1, -0.05) is 48.0 Å². The van der Waals surface area contributed by atoms with Crippen LogP contribution in [0.3, 0.4) is 0 Å². The van der Waals surface area contributed by atoms with Gasteiger partial charge in [0.05, 0.1) is 6.61 Å². The van der Waals surface area contributed by atoms with E-state index in [0.717, 1.165) is 12.2 Å². The number of aryl methyl sites for hydroxylation is 2. The first kappa shape index (κ1) is 14.6. The quantitative estimate of drug-likeness (QED) is 0.865. The van der Waals surface area contributed by atoms with Crippen LogP contribution in [-0.4, -0.2) is 13.2 Å². The predicted molar refractivity (Wildman–Crippen MR) is 84.3 cm³/mol. The van der Waals surface area contributed by atoms with Gasteiger partial charge in [0.2, 0.25) is 0 Å². The number of nitrogens with two attached hydrogens (primary N) is 1. The number of rotatable bonds is 6. The summed E-state index contributed by atoms with van der Waals surface area (Å²) in [5, 5.41) is 0. The van der Waals surface area contributed by atoms with Gasteiger partial charge in [0, 0.05) is 0 Å². The molecule has 0 saturated heterocycles. The number of hydrogen-bond donors (Lipinski definition) is 1. The molecule has 1 atom stereocenters. The first-order chi connectivity index (χ1) is 9.70. The minimum atomic E-state index is 0.361. The fourth-order valence-electron chi connectivity index (χ4n) is 2.29. The summed E-state index contributed by atoms with van der Waals surface area (Å²) in [6, 6.07) is 16.7. The van der Waals surface area contributed by atoms with E-state index in [4.69, 9.17) is 10.5 Å². The molecule has 2 aromatic carbocycles. The van der Waals surface area contributed by atoms with Crippen molar-refractivity contribution in [3.8, 4) is 5.75 Å². The van der Waals surface area contributed by atoms with E-state index < -0.39 is 0 Å². The summed E-state index contributed by atoms with van der Waals surface area (Å²) in [6.07, 6.45) is 0.938. The highest BCUT2D eigenvalue weighted by atomic mass is 16.5. The van der Waals surface area contributed by atoms with Gasteiger partial charge < -0.3 is 10.5 Å². The van der Waals surface area contributed by atoms with Gasteiger partial charge in [-0.2, -0.15) is 0 Å². The lowest BCUT2D eigenvalue weighted by atomic mass is 9.95. The molecule has 0 bridgehead atoms. The molecule has 0 spiro atoms. The topological polar surface area (TPSA) is 35.2 Å². The molecule has 0 heterocycles. The Labute approximate surface area is 121 Å². The predicted octanol–water partition coefficient (Wildman–Crippen LogP) is 3.81. The van der Waals surface area contributed by atoms with Crippen molar-refractivity contribution in [1.82, 2.24) is 0 Å². The summed E-state index contributed by atoms with van der Waals surface area (Å²) in [6.45, 7) is 5.51. The van der Waals surface area contributed by atoms with Gasteiger partial charge in [0.1, 0.15) is 5.75 Å². The van der Waals surface area contributed by atoms with Crippen LogP contribution in [-0.2, 0) is 0 Å². The van der Waals surface area contributed by atoms with E-state index in [1.807, 2.05) is 18.2 Å². The Morgan fingerprint density at radius 2 is 1.70 bits per heavy atom. The molecular formula is C18H23NO. The van der Waals surface area contributed by atoms with Crippen LogP contribution < -0.4 is 10.5 Å².